The summed E-state index contributed by atoms with van der Waals surface area (Å²) in [6.07, 6.45) is 1.03. The Labute approximate surface area is 187 Å². The summed E-state index contributed by atoms with van der Waals surface area (Å²) in [5, 5.41) is 0. The van der Waals surface area contributed by atoms with Gasteiger partial charge >= 0.3 is 5.97 Å². The van der Waals surface area contributed by atoms with E-state index in [1.165, 1.54) is 0 Å². The molecule has 1 unspecified atom stereocenters. The fourth-order valence-corrected chi connectivity index (χ4v) is 3.51. The van der Waals surface area contributed by atoms with E-state index in [2.05, 4.69) is 4.98 Å². The minimum atomic E-state index is -0.977. The van der Waals surface area contributed by atoms with Crippen LogP contribution < -0.4 is 0 Å². The summed E-state index contributed by atoms with van der Waals surface area (Å²) in [5.41, 5.74) is 2.74. The van der Waals surface area contributed by atoms with Crippen molar-refractivity contribution in [3.63, 3.8) is 0 Å². The third-order valence-electron chi connectivity index (χ3n) is 5.33. The summed E-state index contributed by atoms with van der Waals surface area (Å²) < 4.78 is 16.7. The van der Waals surface area contributed by atoms with E-state index in [1.54, 1.807) is 23.2 Å². The molecule has 1 aliphatic heterocycles. The predicted octanol–water partition coefficient (Wildman–Crippen LogP) is 3.73. The number of carbonyl (C=O) groups is 2. The normalized spacial score (nSPS) is 14.7. The van der Waals surface area contributed by atoms with Crippen molar-refractivity contribution in [2.75, 3.05) is 26.3 Å². The number of morpholine rings is 1. The summed E-state index contributed by atoms with van der Waals surface area (Å²) in [7, 11) is 0. The molecule has 4 rings (SSSR count). The Balaban J connectivity index is 1.39. The Morgan fingerprint density at radius 1 is 1.06 bits per heavy atom. The second-order valence-electron chi connectivity index (χ2n) is 7.70. The third-order valence-corrected chi connectivity index (χ3v) is 5.33. The number of rotatable bonds is 7. The van der Waals surface area contributed by atoms with Crippen molar-refractivity contribution in [3.8, 4) is 11.3 Å². The molecule has 1 amide bonds. The van der Waals surface area contributed by atoms with Crippen LogP contribution >= 0.6 is 0 Å². The Hall–Kier alpha value is -3.45. The highest BCUT2D eigenvalue weighted by molar-refractivity contribution is 5.85. The number of hydrogen-bond acceptors (Lipinski definition) is 6. The molecule has 0 radical (unpaired) electrons. The first-order chi connectivity index (χ1) is 15.6. The second-order valence-corrected chi connectivity index (χ2v) is 7.70. The smallest absolute Gasteiger partial charge is 0.307 e. The highest BCUT2D eigenvalue weighted by Gasteiger charge is 2.30. The predicted molar refractivity (Wildman–Crippen MR) is 118 cm³/mol. The number of benzene rings is 2. The van der Waals surface area contributed by atoms with Crippen molar-refractivity contribution >= 4 is 11.9 Å². The molecule has 1 saturated heterocycles. The number of oxazole rings is 1. The highest BCUT2D eigenvalue weighted by atomic mass is 16.5. The average molecular weight is 434 g/mol. The largest absolute Gasteiger partial charge is 0.447 e. The number of aromatic nitrogens is 1. The molecular formula is C25H26N2O5. The molecule has 0 bridgehead atoms. The SMILES string of the molecule is Cc1ccc(-c2cnc(CCC(=O)OC(C(=O)N3CCOCC3)c3ccccc3)o2)cc1. The van der Waals surface area contributed by atoms with Gasteiger partial charge in [0.05, 0.1) is 25.8 Å². The molecule has 1 aliphatic rings. The maximum atomic E-state index is 13.1. The van der Waals surface area contributed by atoms with Gasteiger partial charge < -0.3 is 18.8 Å². The van der Waals surface area contributed by atoms with Gasteiger partial charge in [0.15, 0.2) is 11.7 Å². The highest BCUT2D eigenvalue weighted by Crippen LogP contribution is 2.24. The van der Waals surface area contributed by atoms with Crippen molar-refractivity contribution in [2.24, 2.45) is 0 Å². The maximum absolute atomic E-state index is 13.1. The van der Waals surface area contributed by atoms with Crippen LogP contribution in [0.5, 0.6) is 0 Å². The number of ether oxygens (including phenoxy) is 2. The van der Waals surface area contributed by atoms with Crippen LogP contribution in [0.1, 0.15) is 29.5 Å². The Morgan fingerprint density at radius 2 is 1.78 bits per heavy atom. The maximum Gasteiger partial charge on any atom is 0.307 e. The van der Waals surface area contributed by atoms with E-state index in [4.69, 9.17) is 13.9 Å². The monoisotopic (exact) mass is 434 g/mol. The number of aryl methyl sites for hydroxylation is 2. The molecule has 7 nitrogen and oxygen atoms in total. The molecule has 0 saturated carbocycles. The summed E-state index contributed by atoms with van der Waals surface area (Å²) in [6.45, 7) is 3.95. The molecular weight excluding hydrogens is 408 g/mol. The molecule has 32 heavy (non-hydrogen) atoms. The molecule has 3 aromatic rings. The number of nitrogens with zero attached hydrogens (tertiary/aromatic N) is 2. The Bertz CT molecular complexity index is 1040. The lowest BCUT2D eigenvalue weighted by Crippen LogP contribution is -2.44. The fourth-order valence-electron chi connectivity index (χ4n) is 3.51. The Morgan fingerprint density at radius 3 is 2.50 bits per heavy atom. The van der Waals surface area contributed by atoms with E-state index in [0.717, 1.165) is 11.1 Å². The molecule has 1 atom stereocenters. The molecule has 2 heterocycles. The molecule has 1 fully saturated rings. The standard InChI is InChI=1S/C25H26N2O5/c1-18-7-9-19(10-8-18)21-17-26-22(31-21)11-12-23(28)32-24(20-5-3-2-4-6-20)25(29)27-13-15-30-16-14-27/h2-10,17,24H,11-16H2,1H3. The van der Waals surface area contributed by atoms with E-state index < -0.39 is 12.1 Å². The van der Waals surface area contributed by atoms with Crippen LogP contribution in [0, 0.1) is 6.92 Å². The van der Waals surface area contributed by atoms with Gasteiger partial charge in [-0.05, 0) is 6.92 Å². The van der Waals surface area contributed by atoms with Gasteiger partial charge in [-0.2, -0.15) is 0 Å². The minimum absolute atomic E-state index is 0.0631. The van der Waals surface area contributed by atoms with E-state index in [0.29, 0.717) is 43.5 Å². The van der Waals surface area contributed by atoms with Gasteiger partial charge in [-0.25, -0.2) is 4.98 Å². The van der Waals surface area contributed by atoms with Crippen LogP contribution in [0.15, 0.2) is 65.2 Å². The van der Waals surface area contributed by atoms with Crippen LogP contribution in [0.2, 0.25) is 0 Å². The lowest BCUT2D eigenvalue weighted by atomic mass is 10.1. The molecule has 2 aromatic carbocycles. The topological polar surface area (TPSA) is 81.9 Å². The van der Waals surface area contributed by atoms with Crippen molar-refractivity contribution in [1.29, 1.82) is 0 Å². The molecule has 0 aliphatic carbocycles. The van der Waals surface area contributed by atoms with Gasteiger partial charge in [0, 0.05) is 30.6 Å². The lowest BCUT2D eigenvalue weighted by Gasteiger charge is -2.30. The zero-order valence-corrected chi connectivity index (χ0v) is 18.0. The molecule has 0 spiro atoms. The van der Waals surface area contributed by atoms with Gasteiger partial charge in [0.1, 0.15) is 0 Å². The molecule has 0 N–H and O–H groups in total. The first kappa shape index (κ1) is 21.8. The van der Waals surface area contributed by atoms with Gasteiger partial charge in [0.2, 0.25) is 6.10 Å². The number of carbonyl (C=O) groups excluding carboxylic acids is 2. The lowest BCUT2D eigenvalue weighted by molar-refractivity contribution is -0.162. The third kappa shape index (κ3) is 5.42. The van der Waals surface area contributed by atoms with E-state index in [-0.39, 0.29) is 18.7 Å². The summed E-state index contributed by atoms with van der Waals surface area (Å²) >= 11 is 0. The zero-order valence-electron chi connectivity index (χ0n) is 18.0. The summed E-state index contributed by atoms with van der Waals surface area (Å²) in [5.74, 6) is 0.396. The quantitative estimate of drug-likeness (QED) is 0.527. The Kier molecular flexibility index (Phi) is 6.97. The zero-order chi connectivity index (χ0) is 22.3. The van der Waals surface area contributed by atoms with Crippen LogP contribution in [0.25, 0.3) is 11.3 Å². The van der Waals surface area contributed by atoms with Gasteiger partial charge in [-0.1, -0.05) is 60.2 Å². The van der Waals surface area contributed by atoms with Crippen molar-refractivity contribution < 1.29 is 23.5 Å². The van der Waals surface area contributed by atoms with Crippen molar-refractivity contribution in [1.82, 2.24) is 9.88 Å². The molecule has 166 valence electrons. The van der Waals surface area contributed by atoms with Crippen LogP contribution in [-0.4, -0.2) is 48.1 Å². The summed E-state index contributed by atoms with van der Waals surface area (Å²) in [4.78, 5) is 31.6. The fraction of sp³-hybridized carbons (Fsp3) is 0.320. The summed E-state index contributed by atoms with van der Waals surface area (Å²) in [6, 6.07) is 17.0. The van der Waals surface area contributed by atoms with Crippen LogP contribution in [0.4, 0.5) is 0 Å². The van der Waals surface area contributed by atoms with Gasteiger partial charge in [0.25, 0.3) is 5.91 Å². The van der Waals surface area contributed by atoms with E-state index in [1.807, 2.05) is 49.4 Å². The van der Waals surface area contributed by atoms with Crippen LogP contribution in [0.3, 0.4) is 0 Å². The minimum Gasteiger partial charge on any atom is -0.447 e. The molecule has 1 aromatic heterocycles. The first-order valence-corrected chi connectivity index (χ1v) is 10.7. The van der Waals surface area contributed by atoms with Gasteiger partial charge in [-0.3, -0.25) is 9.59 Å². The number of amides is 1. The first-order valence-electron chi connectivity index (χ1n) is 10.7. The second kappa shape index (κ2) is 10.2. The van der Waals surface area contributed by atoms with Crippen LogP contribution in [-0.2, 0) is 25.5 Å². The van der Waals surface area contributed by atoms with E-state index in [9.17, 15) is 9.59 Å². The van der Waals surface area contributed by atoms with Gasteiger partial charge in [-0.15, -0.1) is 0 Å². The average Bonchev–Trinajstić information content (AvgIpc) is 3.31. The number of esters is 1. The van der Waals surface area contributed by atoms with E-state index >= 15 is 0 Å². The number of hydrogen-bond donors (Lipinski definition) is 0. The van der Waals surface area contributed by atoms with Crippen molar-refractivity contribution in [3.05, 3.63) is 77.8 Å². The van der Waals surface area contributed by atoms with Crippen molar-refractivity contribution in [2.45, 2.75) is 25.9 Å². The molecule has 7 heteroatoms.